The first-order valence-electron chi connectivity index (χ1n) is 7.28. The van der Waals surface area contributed by atoms with Gasteiger partial charge in [-0.1, -0.05) is 41.4 Å². The first-order chi connectivity index (χ1) is 10.6. The molecule has 4 rings (SSSR count). The van der Waals surface area contributed by atoms with Gasteiger partial charge in [0, 0.05) is 11.7 Å². The molecule has 1 heterocycles. The summed E-state index contributed by atoms with van der Waals surface area (Å²) in [6.45, 7) is 0. The summed E-state index contributed by atoms with van der Waals surface area (Å²) >= 11 is 12.2. The Morgan fingerprint density at radius 1 is 1.05 bits per heavy atom. The molecule has 0 unspecified atom stereocenters. The number of amides is 1. The molecule has 1 atom stereocenters. The van der Waals surface area contributed by atoms with Crippen LogP contribution in [0.2, 0.25) is 10.0 Å². The van der Waals surface area contributed by atoms with Crippen LogP contribution >= 0.6 is 23.2 Å². The van der Waals surface area contributed by atoms with Gasteiger partial charge in [-0.3, -0.25) is 4.79 Å². The van der Waals surface area contributed by atoms with Gasteiger partial charge in [0.1, 0.15) is 6.17 Å². The Bertz CT molecular complexity index is 758. The van der Waals surface area contributed by atoms with Crippen LogP contribution in [0.3, 0.4) is 0 Å². The summed E-state index contributed by atoms with van der Waals surface area (Å²) in [4.78, 5) is 14.8. The smallest absolute Gasteiger partial charge is 0.258 e. The van der Waals surface area contributed by atoms with Gasteiger partial charge in [-0.15, -0.1) is 0 Å². The van der Waals surface area contributed by atoms with Crippen molar-refractivity contribution in [1.29, 1.82) is 0 Å². The first kappa shape index (κ1) is 13.9. The molecule has 112 valence electrons. The molecule has 2 aliphatic rings. The number of anilines is 1. The molecule has 1 saturated carbocycles. The Hall–Kier alpha value is -1.71. The van der Waals surface area contributed by atoms with Gasteiger partial charge in [0.05, 0.1) is 15.6 Å². The van der Waals surface area contributed by atoms with E-state index in [1.54, 1.807) is 6.07 Å². The van der Waals surface area contributed by atoms with Crippen molar-refractivity contribution < 1.29 is 4.79 Å². The Kier molecular flexibility index (Phi) is 3.28. The van der Waals surface area contributed by atoms with Crippen molar-refractivity contribution in [3.05, 3.63) is 63.6 Å². The Labute approximate surface area is 138 Å². The van der Waals surface area contributed by atoms with Crippen molar-refractivity contribution >= 4 is 34.8 Å². The largest absolute Gasteiger partial charge is 0.361 e. The van der Waals surface area contributed by atoms with E-state index in [-0.39, 0.29) is 12.1 Å². The third-order valence-electron chi connectivity index (χ3n) is 4.16. The molecule has 22 heavy (non-hydrogen) atoms. The minimum absolute atomic E-state index is 0.0768. The minimum atomic E-state index is -0.204. The number of halogens is 2. The Balaban J connectivity index is 1.80. The van der Waals surface area contributed by atoms with Crippen molar-refractivity contribution in [1.82, 2.24) is 4.90 Å². The molecule has 3 nitrogen and oxygen atoms in total. The quantitative estimate of drug-likeness (QED) is 0.862. The molecule has 0 spiro atoms. The van der Waals surface area contributed by atoms with Gasteiger partial charge in [-0.05, 0) is 42.7 Å². The van der Waals surface area contributed by atoms with Gasteiger partial charge in [0.25, 0.3) is 5.91 Å². The van der Waals surface area contributed by atoms with E-state index in [1.807, 2.05) is 41.3 Å². The maximum absolute atomic E-state index is 12.9. The summed E-state index contributed by atoms with van der Waals surface area (Å²) in [5.74, 6) is 0.0768. The van der Waals surface area contributed by atoms with Crippen LogP contribution in [0.5, 0.6) is 0 Å². The second kappa shape index (κ2) is 5.18. The van der Waals surface area contributed by atoms with Gasteiger partial charge < -0.3 is 10.2 Å². The third-order valence-corrected chi connectivity index (χ3v) is 4.90. The predicted molar refractivity (Wildman–Crippen MR) is 88.5 cm³/mol. The number of hydrogen-bond acceptors (Lipinski definition) is 2. The molecule has 0 saturated heterocycles. The SMILES string of the molecule is O=C1c2ccccc2N[C@H](c2ccc(Cl)c(Cl)c2)N1C1CC1. The molecule has 0 aromatic heterocycles. The maximum Gasteiger partial charge on any atom is 0.258 e. The van der Waals surface area contributed by atoms with E-state index in [4.69, 9.17) is 23.2 Å². The standard InChI is InChI=1S/C17H14Cl2N2O/c18-13-8-5-10(9-14(13)19)16-20-15-4-2-1-3-12(15)17(22)21(16)11-6-7-11/h1-5,8-9,11,16,20H,6-7H2/t16-/m0/s1. The van der Waals surface area contributed by atoms with Gasteiger partial charge in [-0.2, -0.15) is 0 Å². The number of fused-ring (bicyclic) bond motifs is 1. The summed E-state index contributed by atoms with van der Waals surface area (Å²) in [7, 11) is 0. The van der Waals surface area contributed by atoms with E-state index in [1.165, 1.54) is 0 Å². The molecule has 2 aromatic carbocycles. The highest BCUT2D eigenvalue weighted by Crippen LogP contribution is 2.41. The number of para-hydroxylation sites is 1. The molecule has 1 fully saturated rings. The van der Waals surface area contributed by atoms with Gasteiger partial charge in [-0.25, -0.2) is 0 Å². The summed E-state index contributed by atoms with van der Waals surface area (Å²) in [5, 5.41) is 4.49. The summed E-state index contributed by atoms with van der Waals surface area (Å²) in [6, 6.07) is 13.4. The van der Waals surface area contributed by atoms with E-state index in [0.717, 1.165) is 29.7 Å². The van der Waals surface area contributed by atoms with E-state index in [2.05, 4.69) is 5.32 Å². The molecule has 1 N–H and O–H groups in total. The normalized spacial score (nSPS) is 20.5. The fourth-order valence-electron chi connectivity index (χ4n) is 2.92. The number of carbonyl (C=O) groups is 1. The van der Waals surface area contributed by atoms with E-state index >= 15 is 0 Å². The van der Waals surface area contributed by atoms with E-state index in [0.29, 0.717) is 16.1 Å². The van der Waals surface area contributed by atoms with Crippen molar-refractivity contribution in [3.8, 4) is 0 Å². The van der Waals surface area contributed by atoms with Crippen molar-refractivity contribution in [2.24, 2.45) is 0 Å². The van der Waals surface area contributed by atoms with E-state index < -0.39 is 0 Å². The Morgan fingerprint density at radius 2 is 1.82 bits per heavy atom. The van der Waals surface area contributed by atoms with E-state index in [9.17, 15) is 4.79 Å². The van der Waals surface area contributed by atoms with Gasteiger partial charge in [0.2, 0.25) is 0 Å². The molecule has 5 heteroatoms. The number of carbonyl (C=O) groups excluding carboxylic acids is 1. The summed E-state index contributed by atoms with van der Waals surface area (Å²) in [6.07, 6.45) is 1.89. The van der Waals surface area contributed by atoms with Crippen LogP contribution in [-0.4, -0.2) is 16.8 Å². The van der Waals surface area contributed by atoms with Crippen molar-refractivity contribution in [3.63, 3.8) is 0 Å². The molecule has 0 bridgehead atoms. The number of nitrogens with one attached hydrogen (secondary N) is 1. The van der Waals surface area contributed by atoms with Crippen LogP contribution in [0.1, 0.15) is 34.9 Å². The topological polar surface area (TPSA) is 32.3 Å². The zero-order valence-corrected chi connectivity index (χ0v) is 13.2. The van der Waals surface area contributed by atoms with Crippen LogP contribution < -0.4 is 5.32 Å². The second-order valence-corrected chi connectivity index (χ2v) is 6.52. The summed E-state index contributed by atoms with van der Waals surface area (Å²) < 4.78 is 0. The molecule has 1 aliphatic heterocycles. The second-order valence-electron chi connectivity index (χ2n) is 5.71. The van der Waals surface area contributed by atoms with Gasteiger partial charge in [0.15, 0.2) is 0 Å². The molecular weight excluding hydrogens is 319 g/mol. The molecule has 2 aromatic rings. The number of hydrogen-bond donors (Lipinski definition) is 1. The summed E-state index contributed by atoms with van der Waals surface area (Å²) in [5.41, 5.74) is 2.54. The fraction of sp³-hybridized carbons (Fsp3) is 0.235. The fourth-order valence-corrected chi connectivity index (χ4v) is 3.23. The number of benzene rings is 2. The lowest BCUT2D eigenvalue weighted by Gasteiger charge is -2.38. The lowest BCUT2D eigenvalue weighted by molar-refractivity contribution is 0.0666. The lowest BCUT2D eigenvalue weighted by atomic mass is 10.0. The Morgan fingerprint density at radius 3 is 2.55 bits per heavy atom. The predicted octanol–water partition coefficient (Wildman–Crippen LogP) is 4.72. The molecule has 1 amide bonds. The van der Waals surface area contributed by atoms with Crippen LogP contribution in [0.25, 0.3) is 0 Å². The highest BCUT2D eigenvalue weighted by Gasteiger charge is 2.42. The van der Waals surface area contributed by atoms with Gasteiger partial charge >= 0.3 is 0 Å². The van der Waals surface area contributed by atoms with Crippen LogP contribution in [0.15, 0.2) is 42.5 Å². The highest BCUT2D eigenvalue weighted by molar-refractivity contribution is 6.42. The zero-order valence-electron chi connectivity index (χ0n) is 11.7. The lowest BCUT2D eigenvalue weighted by Crippen LogP contribution is -2.44. The minimum Gasteiger partial charge on any atom is -0.361 e. The maximum atomic E-state index is 12.9. The van der Waals surface area contributed by atoms with Crippen LogP contribution in [0, 0.1) is 0 Å². The zero-order chi connectivity index (χ0) is 15.3. The van der Waals surface area contributed by atoms with Crippen molar-refractivity contribution in [2.75, 3.05) is 5.32 Å². The van der Waals surface area contributed by atoms with Crippen LogP contribution in [0.4, 0.5) is 5.69 Å². The van der Waals surface area contributed by atoms with Crippen molar-refractivity contribution in [2.45, 2.75) is 25.0 Å². The average Bonchev–Trinajstić information content (AvgIpc) is 3.34. The molecular formula is C17H14Cl2N2O. The number of nitrogens with zero attached hydrogens (tertiary/aromatic N) is 1. The number of rotatable bonds is 2. The highest BCUT2D eigenvalue weighted by atomic mass is 35.5. The first-order valence-corrected chi connectivity index (χ1v) is 8.04. The average molecular weight is 333 g/mol. The molecule has 0 radical (unpaired) electrons. The monoisotopic (exact) mass is 332 g/mol. The van der Waals surface area contributed by atoms with Crippen LogP contribution in [-0.2, 0) is 0 Å². The third kappa shape index (κ3) is 2.25. The molecule has 1 aliphatic carbocycles.